The van der Waals surface area contributed by atoms with Gasteiger partial charge in [-0.15, -0.1) is 12.4 Å². The topological polar surface area (TPSA) is 72.9 Å². The summed E-state index contributed by atoms with van der Waals surface area (Å²) in [4.78, 5) is 12.1. The predicted octanol–water partition coefficient (Wildman–Crippen LogP) is 3.77. The van der Waals surface area contributed by atoms with Crippen LogP contribution in [0.15, 0.2) is 36.7 Å². The molecule has 1 aromatic heterocycles. The van der Waals surface area contributed by atoms with E-state index in [1.54, 1.807) is 6.92 Å². The Morgan fingerprint density at radius 3 is 2.40 bits per heavy atom. The number of halogens is 4. The van der Waals surface area contributed by atoms with E-state index in [0.29, 0.717) is 17.8 Å². The molecule has 0 fully saturated rings. The number of rotatable bonds is 5. The van der Waals surface area contributed by atoms with E-state index in [2.05, 4.69) is 10.4 Å². The fraction of sp³-hybridized carbons (Fsp3) is 0.375. The van der Waals surface area contributed by atoms with Crippen molar-refractivity contribution in [2.45, 2.75) is 38.4 Å². The van der Waals surface area contributed by atoms with Crippen LogP contribution in [0.2, 0.25) is 0 Å². The van der Waals surface area contributed by atoms with Gasteiger partial charge in [-0.25, -0.2) is 4.68 Å². The maximum absolute atomic E-state index is 12.6. The van der Waals surface area contributed by atoms with Gasteiger partial charge < -0.3 is 11.1 Å². The van der Waals surface area contributed by atoms with Gasteiger partial charge in [-0.3, -0.25) is 4.79 Å². The van der Waals surface area contributed by atoms with Crippen molar-refractivity contribution in [2.75, 3.05) is 5.32 Å². The summed E-state index contributed by atoms with van der Waals surface area (Å²) in [5.74, 6) is -0.337. The van der Waals surface area contributed by atoms with Crippen LogP contribution in [0, 0.1) is 0 Å². The van der Waals surface area contributed by atoms with Crippen molar-refractivity contribution in [3.63, 3.8) is 0 Å². The van der Waals surface area contributed by atoms with E-state index in [-0.39, 0.29) is 18.3 Å². The maximum Gasteiger partial charge on any atom is 0.416 e. The molecule has 1 atom stereocenters. The second-order valence-corrected chi connectivity index (χ2v) is 5.84. The lowest BCUT2D eigenvalue weighted by atomic mass is 9.96. The van der Waals surface area contributed by atoms with Crippen LogP contribution in [-0.4, -0.2) is 21.2 Å². The molecule has 1 heterocycles. The van der Waals surface area contributed by atoms with Crippen LogP contribution in [0.5, 0.6) is 0 Å². The van der Waals surface area contributed by atoms with Crippen molar-refractivity contribution in [1.82, 2.24) is 9.78 Å². The van der Waals surface area contributed by atoms with Gasteiger partial charge in [0.15, 0.2) is 0 Å². The van der Waals surface area contributed by atoms with Gasteiger partial charge in [-0.05, 0) is 37.6 Å². The Morgan fingerprint density at radius 1 is 1.28 bits per heavy atom. The van der Waals surface area contributed by atoms with Gasteiger partial charge in [-0.2, -0.15) is 18.3 Å². The lowest BCUT2D eigenvalue weighted by Gasteiger charge is -2.22. The van der Waals surface area contributed by atoms with Gasteiger partial charge >= 0.3 is 6.18 Å². The van der Waals surface area contributed by atoms with Crippen LogP contribution in [0.4, 0.5) is 18.9 Å². The minimum absolute atomic E-state index is 0. The summed E-state index contributed by atoms with van der Waals surface area (Å²) in [7, 11) is 0. The maximum atomic E-state index is 12.6. The van der Waals surface area contributed by atoms with Gasteiger partial charge in [0, 0.05) is 0 Å². The van der Waals surface area contributed by atoms with Gasteiger partial charge in [0.05, 0.1) is 34.9 Å². The number of nitrogens with zero attached hydrogens (tertiary/aromatic N) is 2. The van der Waals surface area contributed by atoms with E-state index in [4.69, 9.17) is 5.73 Å². The number of carbonyl (C=O) groups excluding carboxylic acids is 1. The predicted molar refractivity (Wildman–Crippen MR) is 91.9 cm³/mol. The third kappa shape index (κ3) is 5.20. The standard InChI is InChI=1S/C16H19F3N4O.ClH/c1-3-8-15(2,20)14(24)22-12-9-21-23(10-12)13-6-4-11(5-7-13)16(17,18)19;/h4-7,9-10H,3,8,20H2,1-2H3,(H,22,24);1H. The molecule has 0 saturated carbocycles. The summed E-state index contributed by atoms with van der Waals surface area (Å²) >= 11 is 0. The number of alkyl halides is 3. The Balaban J connectivity index is 0.00000312. The van der Waals surface area contributed by atoms with E-state index >= 15 is 0 Å². The van der Waals surface area contributed by atoms with E-state index < -0.39 is 17.3 Å². The Labute approximate surface area is 149 Å². The first-order valence-electron chi connectivity index (χ1n) is 7.46. The first kappa shape index (κ1) is 21.0. The average Bonchev–Trinajstić information content (AvgIpc) is 2.95. The molecule has 0 bridgehead atoms. The molecule has 0 aliphatic carbocycles. The van der Waals surface area contributed by atoms with Gasteiger partial charge in [0.1, 0.15) is 0 Å². The third-order valence-corrected chi connectivity index (χ3v) is 3.59. The van der Waals surface area contributed by atoms with Crippen molar-refractivity contribution < 1.29 is 18.0 Å². The smallest absolute Gasteiger partial charge is 0.322 e. The average molecular weight is 377 g/mol. The molecule has 138 valence electrons. The fourth-order valence-electron chi connectivity index (χ4n) is 2.24. The highest BCUT2D eigenvalue weighted by Crippen LogP contribution is 2.29. The van der Waals surface area contributed by atoms with Gasteiger partial charge in [0.2, 0.25) is 5.91 Å². The second kappa shape index (κ2) is 7.88. The summed E-state index contributed by atoms with van der Waals surface area (Å²) in [6, 6.07) is 4.58. The molecule has 1 aromatic carbocycles. The number of nitrogens with two attached hydrogens (primary N) is 1. The van der Waals surface area contributed by atoms with Crippen molar-refractivity contribution in [1.29, 1.82) is 0 Å². The molecule has 0 aliphatic rings. The van der Waals surface area contributed by atoms with E-state index in [0.717, 1.165) is 18.6 Å². The van der Waals surface area contributed by atoms with Crippen LogP contribution in [0.1, 0.15) is 32.3 Å². The number of hydrogen-bond acceptors (Lipinski definition) is 3. The number of nitrogens with one attached hydrogen (secondary N) is 1. The molecule has 3 N–H and O–H groups in total. The molecule has 2 rings (SSSR count). The molecule has 5 nitrogen and oxygen atoms in total. The molecular formula is C16H20ClF3N4O. The van der Waals surface area contributed by atoms with Crippen molar-refractivity contribution in [2.24, 2.45) is 5.73 Å². The number of benzene rings is 1. The summed E-state index contributed by atoms with van der Waals surface area (Å²) in [6.45, 7) is 3.58. The third-order valence-electron chi connectivity index (χ3n) is 3.59. The zero-order valence-corrected chi connectivity index (χ0v) is 14.6. The van der Waals surface area contributed by atoms with Crippen molar-refractivity contribution in [3.05, 3.63) is 42.2 Å². The second-order valence-electron chi connectivity index (χ2n) is 5.84. The zero-order chi connectivity index (χ0) is 18.0. The normalized spacial score (nSPS) is 13.7. The molecule has 1 amide bonds. The van der Waals surface area contributed by atoms with E-state index in [9.17, 15) is 18.0 Å². The molecule has 1 unspecified atom stereocenters. The van der Waals surface area contributed by atoms with Gasteiger partial charge in [0.25, 0.3) is 0 Å². The Hall–Kier alpha value is -2.06. The Morgan fingerprint density at radius 2 is 1.88 bits per heavy atom. The highest BCUT2D eigenvalue weighted by Gasteiger charge is 2.30. The molecule has 25 heavy (non-hydrogen) atoms. The molecule has 0 spiro atoms. The van der Waals surface area contributed by atoms with Gasteiger partial charge in [-0.1, -0.05) is 13.3 Å². The molecule has 0 saturated heterocycles. The first-order valence-corrected chi connectivity index (χ1v) is 7.46. The number of carbonyl (C=O) groups is 1. The Kier molecular flexibility index (Phi) is 6.61. The van der Waals surface area contributed by atoms with E-state index in [1.165, 1.54) is 29.2 Å². The van der Waals surface area contributed by atoms with Crippen molar-refractivity contribution >= 4 is 24.0 Å². The van der Waals surface area contributed by atoms with Crippen LogP contribution < -0.4 is 11.1 Å². The van der Waals surface area contributed by atoms with Crippen LogP contribution in [0.3, 0.4) is 0 Å². The first-order chi connectivity index (χ1) is 11.1. The number of anilines is 1. The van der Waals surface area contributed by atoms with Crippen LogP contribution in [-0.2, 0) is 11.0 Å². The number of amides is 1. The summed E-state index contributed by atoms with van der Waals surface area (Å²) in [6.07, 6.45) is -0.149. The van der Waals surface area contributed by atoms with Crippen molar-refractivity contribution in [3.8, 4) is 5.69 Å². The minimum atomic E-state index is -4.38. The minimum Gasteiger partial charge on any atom is -0.322 e. The number of hydrogen-bond donors (Lipinski definition) is 2. The van der Waals surface area contributed by atoms with Crippen LogP contribution >= 0.6 is 12.4 Å². The zero-order valence-electron chi connectivity index (χ0n) is 13.8. The molecule has 2 aromatic rings. The summed E-state index contributed by atoms with van der Waals surface area (Å²) < 4.78 is 39.1. The summed E-state index contributed by atoms with van der Waals surface area (Å²) in [5, 5.41) is 6.70. The van der Waals surface area contributed by atoms with Crippen LogP contribution in [0.25, 0.3) is 5.69 Å². The largest absolute Gasteiger partial charge is 0.416 e. The molecule has 0 radical (unpaired) electrons. The molecule has 9 heteroatoms. The quantitative estimate of drug-likeness (QED) is 0.834. The SMILES string of the molecule is CCCC(C)(N)C(=O)Nc1cnn(-c2ccc(C(F)(F)F)cc2)c1.Cl. The Bertz CT molecular complexity index is 711. The summed E-state index contributed by atoms with van der Waals surface area (Å²) in [5.41, 5.74) is 5.10. The lowest BCUT2D eigenvalue weighted by molar-refractivity contribution is -0.137. The lowest BCUT2D eigenvalue weighted by Crippen LogP contribution is -2.48. The molecular weight excluding hydrogens is 357 g/mol. The highest BCUT2D eigenvalue weighted by atomic mass is 35.5. The fourth-order valence-corrected chi connectivity index (χ4v) is 2.24. The molecule has 0 aliphatic heterocycles. The highest BCUT2D eigenvalue weighted by molar-refractivity contribution is 5.97. The van der Waals surface area contributed by atoms with E-state index in [1.807, 2.05) is 6.92 Å². The number of aromatic nitrogens is 2. The monoisotopic (exact) mass is 376 g/mol.